The van der Waals surface area contributed by atoms with Crippen LogP contribution in [0.25, 0.3) is 0 Å². The average Bonchev–Trinajstić information content (AvgIpc) is 1.83. The highest BCUT2D eigenvalue weighted by molar-refractivity contribution is 5.00. The maximum Gasteiger partial charge on any atom is 0.0387 e. The van der Waals surface area contributed by atoms with Gasteiger partial charge in [0.05, 0.1) is 0 Å². The van der Waals surface area contributed by atoms with Gasteiger partial charge in [-0.1, -0.05) is 27.4 Å². The molecular weight excluding hydrogens is 146 g/mol. The largest absolute Gasteiger partial charge is 0.373 e. The lowest BCUT2D eigenvalue weighted by atomic mass is 9.75. The van der Waals surface area contributed by atoms with Crippen LogP contribution in [-0.2, 0) is 0 Å². The van der Waals surface area contributed by atoms with Gasteiger partial charge in [-0.25, -0.2) is 0 Å². The van der Waals surface area contributed by atoms with Crippen LogP contribution in [0.2, 0.25) is 0 Å². The standard InChI is InChI=1S/C11H23N/c1-9(2)12(8)11(6,7)10(3,4)5/h1H2,2-8H3. The summed E-state index contributed by atoms with van der Waals surface area (Å²) in [6, 6.07) is 0. The topological polar surface area (TPSA) is 3.24 Å². The molecule has 0 amide bonds. The number of hydrogen-bond acceptors (Lipinski definition) is 1. The SMILES string of the molecule is C=C(C)N(C)C(C)(C)C(C)(C)C. The minimum atomic E-state index is 0.152. The minimum absolute atomic E-state index is 0.152. The minimum Gasteiger partial charge on any atom is -0.373 e. The molecule has 0 radical (unpaired) electrons. The zero-order valence-corrected chi connectivity index (χ0v) is 9.65. The van der Waals surface area contributed by atoms with Gasteiger partial charge in [0.2, 0.25) is 0 Å². The molecule has 0 saturated heterocycles. The third-order valence-corrected chi connectivity index (χ3v) is 3.25. The van der Waals surface area contributed by atoms with E-state index >= 15 is 0 Å². The fraction of sp³-hybridized carbons (Fsp3) is 0.818. The van der Waals surface area contributed by atoms with Crippen LogP contribution in [0.4, 0.5) is 0 Å². The normalized spacial score (nSPS) is 12.9. The first-order valence-corrected chi connectivity index (χ1v) is 4.50. The summed E-state index contributed by atoms with van der Waals surface area (Å²) in [6.07, 6.45) is 0. The molecule has 1 nitrogen and oxygen atoms in total. The maximum absolute atomic E-state index is 3.96. The molecule has 1 heteroatoms. The Morgan fingerprint density at radius 3 is 1.50 bits per heavy atom. The molecule has 0 bridgehead atoms. The van der Waals surface area contributed by atoms with Crippen LogP contribution in [0, 0.1) is 5.41 Å². The Hall–Kier alpha value is -0.460. The molecule has 0 rings (SSSR count). The van der Waals surface area contributed by atoms with Crippen molar-refractivity contribution in [3.05, 3.63) is 12.3 Å². The maximum atomic E-state index is 3.96. The van der Waals surface area contributed by atoms with Gasteiger partial charge >= 0.3 is 0 Å². The fourth-order valence-corrected chi connectivity index (χ4v) is 0.980. The Labute approximate surface area is 77.5 Å². The first-order valence-electron chi connectivity index (χ1n) is 4.50. The Bertz CT molecular complexity index is 172. The third-order valence-electron chi connectivity index (χ3n) is 3.25. The highest BCUT2D eigenvalue weighted by atomic mass is 15.2. The van der Waals surface area contributed by atoms with E-state index in [0.717, 1.165) is 5.70 Å². The summed E-state index contributed by atoms with van der Waals surface area (Å²) in [5, 5.41) is 0. The lowest BCUT2D eigenvalue weighted by Gasteiger charge is -2.47. The van der Waals surface area contributed by atoms with Crippen LogP contribution in [0.3, 0.4) is 0 Å². The van der Waals surface area contributed by atoms with E-state index in [1.165, 1.54) is 0 Å². The summed E-state index contributed by atoms with van der Waals surface area (Å²) in [6.45, 7) is 17.3. The van der Waals surface area contributed by atoms with E-state index in [1.54, 1.807) is 0 Å². The molecule has 0 N–H and O–H groups in total. The molecule has 0 aliphatic heterocycles. The van der Waals surface area contributed by atoms with E-state index in [9.17, 15) is 0 Å². The summed E-state index contributed by atoms with van der Waals surface area (Å²) in [5.74, 6) is 0. The molecule has 0 aromatic heterocycles. The molecule has 72 valence electrons. The highest BCUT2D eigenvalue weighted by Gasteiger charge is 2.36. The predicted molar refractivity (Wildman–Crippen MR) is 56.1 cm³/mol. The van der Waals surface area contributed by atoms with Crippen molar-refractivity contribution in [1.29, 1.82) is 0 Å². The Morgan fingerprint density at radius 2 is 1.42 bits per heavy atom. The van der Waals surface area contributed by atoms with Gasteiger partial charge in [0.15, 0.2) is 0 Å². The van der Waals surface area contributed by atoms with Gasteiger partial charge in [-0.05, 0) is 26.2 Å². The summed E-state index contributed by atoms with van der Waals surface area (Å²) in [7, 11) is 2.10. The second-order valence-electron chi connectivity index (χ2n) is 5.10. The van der Waals surface area contributed by atoms with Crippen molar-refractivity contribution in [3.63, 3.8) is 0 Å². The van der Waals surface area contributed by atoms with Crippen LogP contribution in [0.15, 0.2) is 12.3 Å². The van der Waals surface area contributed by atoms with Gasteiger partial charge in [-0.15, -0.1) is 0 Å². The van der Waals surface area contributed by atoms with E-state index in [2.05, 4.69) is 53.1 Å². The van der Waals surface area contributed by atoms with Crippen molar-refractivity contribution in [2.24, 2.45) is 5.41 Å². The first kappa shape index (κ1) is 11.5. The molecule has 0 aromatic rings. The number of allylic oxidation sites excluding steroid dienone is 1. The van der Waals surface area contributed by atoms with E-state index in [0.29, 0.717) is 0 Å². The van der Waals surface area contributed by atoms with Gasteiger partial charge in [0.1, 0.15) is 0 Å². The average molecular weight is 169 g/mol. The molecule has 0 fully saturated rings. The Balaban J connectivity index is 4.73. The zero-order chi connectivity index (χ0) is 10.2. The van der Waals surface area contributed by atoms with Crippen LogP contribution in [-0.4, -0.2) is 17.5 Å². The quantitative estimate of drug-likeness (QED) is 0.613. The number of rotatable bonds is 2. The third kappa shape index (κ3) is 2.02. The lowest BCUT2D eigenvalue weighted by Crippen LogP contribution is -2.49. The van der Waals surface area contributed by atoms with Crippen LogP contribution >= 0.6 is 0 Å². The van der Waals surface area contributed by atoms with Crippen LogP contribution < -0.4 is 0 Å². The second kappa shape index (κ2) is 3.12. The molecular formula is C11H23N. The second-order valence-corrected chi connectivity index (χ2v) is 5.10. The van der Waals surface area contributed by atoms with Gasteiger partial charge in [0.25, 0.3) is 0 Å². The molecule has 0 saturated carbocycles. The zero-order valence-electron chi connectivity index (χ0n) is 9.65. The van der Waals surface area contributed by atoms with Gasteiger partial charge in [0, 0.05) is 18.3 Å². The molecule has 0 unspecified atom stereocenters. The molecule has 12 heavy (non-hydrogen) atoms. The van der Waals surface area contributed by atoms with Gasteiger partial charge in [-0.3, -0.25) is 0 Å². The smallest absolute Gasteiger partial charge is 0.0387 e. The van der Waals surface area contributed by atoms with Crippen molar-refractivity contribution in [2.45, 2.75) is 47.1 Å². The Kier molecular flexibility index (Phi) is 3.00. The van der Waals surface area contributed by atoms with Crippen molar-refractivity contribution < 1.29 is 0 Å². The highest BCUT2D eigenvalue weighted by Crippen LogP contribution is 2.35. The molecule has 0 spiro atoms. The van der Waals surface area contributed by atoms with Crippen LogP contribution in [0.1, 0.15) is 41.5 Å². The lowest BCUT2D eigenvalue weighted by molar-refractivity contribution is 0.0718. The molecule has 0 aliphatic rings. The van der Waals surface area contributed by atoms with Crippen molar-refractivity contribution >= 4 is 0 Å². The van der Waals surface area contributed by atoms with E-state index in [-0.39, 0.29) is 11.0 Å². The fourth-order valence-electron chi connectivity index (χ4n) is 0.980. The summed E-state index contributed by atoms with van der Waals surface area (Å²) in [4.78, 5) is 2.24. The van der Waals surface area contributed by atoms with Gasteiger partial charge < -0.3 is 4.90 Å². The van der Waals surface area contributed by atoms with Crippen molar-refractivity contribution in [3.8, 4) is 0 Å². The summed E-state index contributed by atoms with van der Waals surface area (Å²) < 4.78 is 0. The molecule has 0 aromatic carbocycles. The van der Waals surface area contributed by atoms with E-state index in [1.807, 2.05) is 6.92 Å². The summed E-state index contributed by atoms with van der Waals surface area (Å²) >= 11 is 0. The first-order chi connectivity index (χ1) is 5.10. The van der Waals surface area contributed by atoms with E-state index in [4.69, 9.17) is 0 Å². The van der Waals surface area contributed by atoms with Crippen molar-refractivity contribution in [2.75, 3.05) is 7.05 Å². The molecule has 0 heterocycles. The van der Waals surface area contributed by atoms with Gasteiger partial charge in [-0.2, -0.15) is 0 Å². The summed E-state index contributed by atoms with van der Waals surface area (Å²) in [5.41, 5.74) is 1.54. The van der Waals surface area contributed by atoms with Crippen molar-refractivity contribution in [1.82, 2.24) is 4.90 Å². The van der Waals surface area contributed by atoms with E-state index < -0.39 is 0 Å². The molecule has 0 aliphatic carbocycles. The van der Waals surface area contributed by atoms with Crippen LogP contribution in [0.5, 0.6) is 0 Å². The monoisotopic (exact) mass is 169 g/mol. The predicted octanol–water partition coefficient (Wildman–Crippen LogP) is 3.28. The number of nitrogens with zero attached hydrogens (tertiary/aromatic N) is 1. The number of hydrogen-bond donors (Lipinski definition) is 0. The molecule has 0 atom stereocenters. The Morgan fingerprint density at radius 1 is 1.08 bits per heavy atom.